The van der Waals surface area contributed by atoms with E-state index in [9.17, 15) is 19.2 Å². The zero-order valence-corrected chi connectivity index (χ0v) is 24.5. The van der Waals surface area contributed by atoms with Gasteiger partial charge in [0.2, 0.25) is 0 Å². The van der Waals surface area contributed by atoms with E-state index in [2.05, 4.69) is 0 Å². The SMILES string of the molecule is CCC(C)CC(=O)O[C@@H](C)COC(=O)[C@@H](N)Cc1ccc(OC(=O)OC(C)(C)C)c(OC(=O)OC(C)(C)C)c1. The molecule has 0 aliphatic heterocycles. The topological polar surface area (TPSA) is 150 Å². The minimum atomic E-state index is -1.07. The molecule has 0 amide bonds. The molecule has 0 aromatic heterocycles. The molecule has 1 unspecified atom stereocenters. The maximum Gasteiger partial charge on any atom is 0.514 e. The molecule has 1 aromatic rings. The van der Waals surface area contributed by atoms with Crippen molar-refractivity contribution in [2.45, 2.75) is 105 Å². The Balaban J connectivity index is 2.89. The highest BCUT2D eigenvalue weighted by molar-refractivity contribution is 5.76. The third-order valence-electron chi connectivity index (χ3n) is 4.94. The van der Waals surface area contributed by atoms with Crippen molar-refractivity contribution in [2.75, 3.05) is 6.61 Å². The number of esters is 2. The van der Waals surface area contributed by atoms with E-state index in [0.717, 1.165) is 6.42 Å². The zero-order valence-electron chi connectivity index (χ0n) is 24.5. The summed E-state index contributed by atoms with van der Waals surface area (Å²) in [5, 5.41) is 0. The highest BCUT2D eigenvalue weighted by atomic mass is 16.8. The summed E-state index contributed by atoms with van der Waals surface area (Å²) in [5.41, 5.74) is 4.88. The summed E-state index contributed by atoms with van der Waals surface area (Å²) in [6.45, 7) is 15.4. The van der Waals surface area contributed by atoms with E-state index in [1.54, 1.807) is 54.5 Å². The fourth-order valence-electron chi connectivity index (χ4n) is 2.94. The van der Waals surface area contributed by atoms with E-state index in [-0.39, 0.29) is 42.8 Å². The molecule has 39 heavy (non-hydrogen) atoms. The number of nitrogens with two attached hydrogens (primary N) is 1. The number of carbonyl (C=O) groups excluding carboxylic acids is 4. The Bertz CT molecular complexity index is 993. The van der Waals surface area contributed by atoms with Crippen molar-refractivity contribution in [3.63, 3.8) is 0 Å². The molecule has 0 radical (unpaired) electrons. The molecular weight excluding hydrogens is 510 g/mol. The lowest BCUT2D eigenvalue weighted by atomic mass is 10.1. The number of ether oxygens (including phenoxy) is 6. The van der Waals surface area contributed by atoms with Crippen LogP contribution in [0, 0.1) is 5.92 Å². The van der Waals surface area contributed by atoms with Crippen LogP contribution in [0.2, 0.25) is 0 Å². The van der Waals surface area contributed by atoms with Crippen LogP contribution in [0.5, 0.6) is 11.5 Å². The van der Waals surface area contributed by atoms with Crippen molar-refractivity contribution in [3.05, 3.63) is 23.8 Å². The van der Waals surface area contributed by atoms with Crippen LogP contribution >= 0.6 is 0 Å². The van der Waals surface area contributed by atoms with Crippen LogP contribution in [0.1, 0.15) is 80.7 Å². The quantitative estimate of drug-likeness (QED) is 0.222. The van der Waals surface area contributed by atoms with Crippen LogP contribution in [-0.2, 0) is 35.0 Å². The van der Waals surface area contributed by atoms with Gasteiger partial charge in [-0.2, -0.15) is 0 Å². The number of carbonyl (C=O) groups is 4. The van der Waals surface area contributed by atoms with Crippen LogP contribution in [0.25, 0.3) is 0 Å². The van der Waals surface area contributed by atoms with Crippen molar-refractivity contribution in [3.8, 4) is 11.5 Å². The predicted molar refractivity (Wildman–Crippen MR) is 142 cm³/mol. The first-order valence-corrected chi connectivity index (χ1v) is 12.9. The van der Waals surface area contributed by atoms with Gasteiger partial charge in [0.05, 0.1) is 0 Å². The van der Waals surface area contributed by atoms with Gasteiger partial charge in [0, 0.05) is 6.42 Å². The van der Waals surface area contributed by atoms with Crippen LogP contribution in [0.15, 0.2) is 18.2 Å². The standard InChI is InChI=1S/C28H43NO10/c1-10-17(2)13-23(30)35-18(3)16-34-24(31)20(29)14-19-11-12-21(36-25(32)38-27(4,5)6)22(15-19)37-26(33)39-28(7,8)9/h11-12,15,17-18,20H,10,13-14,16,29H2,1-9H3/t17?,18-,20-/m0/s1. The molecule has 0 heterocycles. The maximum absolute atomic E-state index is 12.4. The highest BCUT2D eigenvalue weighted by Gasteiger charge is 2.25. The molecule has 11 nitrogen and oxygen atoms in total. The van der Waals surface area contributed by atoms with E-state index in [0.29, 0.717) is 5.56 Å². The highest BCUT2D eigenvalue weighted by Crippen LogP contribution is 2.31. The van der Waals surface area contributed by atoms with Gasteiger partial charge >= 0.3 is 24.2 Å². The van der Waals surface area contributed by atoms with Gasteiger partial charge in [-0.1, -0.05) is 26.3 Å². The average Bonchev–Trinajstić information content (AvgIpc) is 2.76. The van der Waals surface area contributed by atoms with Gasteiger partial charge in [-0.3, -0.25) is 9.59 Å². The molecule has 0 aliphatic carbocycles. The van der Waals surface area contributed by atoms with Gasteiger partial charge < -0.3 is 34.2 Å². The predicted octanol–water partition coefficient (Wildman–Crippen LogP) is 5.10. The first-order chi connectivity index (χ1) is 17.9. The van der Waals surface area contributed by atoms with Crippen molar-refractivity contribution >= 4 is 24.2 Å². The summed E-state index contributed by atoms with van der Waals surface area (Å²) in [5.74, 6) is -1.09. The van der Waals surface area contributed by atoms with Gasteiger partial charge in [0.25, 0.3) is 0 Å². The van der Waals surface area contributed by atoms with Crippen LogP contribution in [-0.4, -0.2) is 54.2 Å². The minimum absolute atomic E-state index is 0.0123. The fraction of sp³-hybridized carbons (Fsp3) is 0.643. The number of benzene rings is 1. The molecule has 2 N–H and O–H groups in total. The van der Waals surface area contributed by atoms with Crippen molar-refractivity contribution < 1.29 is 47.6 Å². The molecule has 220 valence electrons. The average molecular weight is 554 g/mol. The smallest absolute Gasteiger partial charge is 0.461 e. The Labute approximate surface area is 230 Å². The van der Waals surface area contributed by atoms with Crippen LogP contribution in [0.3, 0.4) is 0 Å². The summed E-state index contributed by atoms with van der Waals surface area (Å²) in [6, 6.07) is 3.26. The van der Waals surface area contributed by atoms with Gasteiger partial charge in [0.1, 0.15) is 30.0 Å². The summed E-state index contributed by atoms with van der Waals surface area (Å²) in [6.07, 6.45) is -1.49. The number of rotatable bonds is 11. The lowest BCUT2D eigenvalue weighted by Gasteiger charge is -2.21. The van der Waals surface area contributed by atoms with E-state index >= 15 is 0 Å². The molecular formula is C28H43NO10. The largest absolute Gasteiger partial charge is 0.514 e. The summed E-state index contributed by atoms with van der Waals surface area (Å²) >= 11 is 0. The second kappa shape index (κ2) is 14.7. The summed E-state index contributed by atoms with van der Waals surface area (Å²) < 4.78 is 31.3. The van der Waals surface area contributed by atoms with E-state index in [1.807, 2.05) is 13.8 Å². The maximum atomic E-state index is 12.4. The molecule has 1 rings (SSSR count). The normalized spacial score (nSPS) is 13.9. The molecule has 1 aromatic carbocycles. The Morgan fingerprint density at radius 3 is 1.92 bits per heavy atom. The number of hydrogen-bond acceptors (Lipinski definition) is 11. The molecule has 0 fully saturated rings. The summed E-state index contributed by atoms with van der Waals surface area (Å²) in [4.78, 5) is 48.8. The van der Waals surface area contributed by atoms with E-state index < -0.39 is 41.6 Å². The van der Waals surface area contributed by atoms with E-state index in [1.165, 1.54) is 12.1 Å². The van der Waals surface area contributed by atoms with Crippen LogP contribution < -0.4 is 15.2 Å². The van der Waals surface area contributed by atoms with Crippen LogP contribution in [0.4, 0.5) is 9.59 Å². The second-order valence-electron chi connectivity index (χ2n) is 11.4. The molecule has 0 aliphatic rings. The summed E-state index contributed by atoms with van der Waals surface area (Å²) in [7, 11) is 0. The Kier molecular flexibility index (Phi) is 12.7. The molecule has 0 saturated carbocycles. The van der Waals surface area contributed by atoms with Crippen molar-refractivity contribution in [2.24, 2.45) is 11.7 Å². The lowest BCUT2D eigenvalue weighted by molar-refractivity contribution is -0.159. The second-order valence-corrected chi connectivity index (χ2v) is 11.4. The lowest BCUT2D eigenvalue weighted by Crippen LogP contribution is -2.36. The van der Waals surface area contributed by atoms with E-state index in [4.69, 9.17) is 34.2 Å². The Hall–Kier alpha value is -3.34. The number of hydrogen-bond donors (Lipinski definition) is 1. The third kappa shape index (κ3) is 14.4. The molecule has 0 saturated heterocycles. The fourth-order valence-corrected chi connectivity index (χ4v) is 2.94. The Morgan fingerprint density at radius 1 is 0.872 bits per heavy atom. The molecule has 0 spiro atoms. The van der Waals surface area contributed by atoms with Gasteiger partial charge in [-0.15, -0.1) is 0 Å². The first kappa shape index (κ1) is 33.7. The van der Waals surface area contributed by atoms with Gasteiger partial charge in [-0.05, 0) is 78.5 Å². The first-order valence-electron chi connectivity index (χ1n) is 12.9. The third-order valence-corrected chi connectivity index (χ3v) is 4.94. The zero-order chi connectivity index (χ0) is 30.0. The van der Waals surface area contributed by atoms with Gasteiger partial charge in [-0.25, -0.2) is 9.59 Å². The molecule has 3 atom stereocenters. The molecule has 11 heteroatoms. The van der Waals surface area contributed by atoms with Gasteiger partial charge in [0.15, 0.2) is 11.5 Å². The Morgan fingerprint density at radius 2 is 1.41 bits per heavy atom. The minimum Gasteiger partial charge on any atom is -0.461 e. The monoisotopic (exact) mass is 553 g/mol. The van der Waals surface area contributed by atoms with Crippen molar-refractivity contribution in [1.29, 1.82) is 0 Å². The van der Waals surface area contributed by atoms with Crippen molar-refractivity contribution in [1.82, 2.24) is 0 Å². The molecule has 0 bridgehead atoms.